The lowest BCUT2D eigenvalue weighted by molar-refractivity contribution is -0.136. The fourth-order valence-electron chi connectivity index (χ4n) is 2.13. The molecule has 0 unspecified atom stereocenters. The van der Waals surface area contributed by atoms with Crippen LogP contribution in [0.15, 0.2) is 35.3 Å². The van der Waals surface area contributed by atoms with Gasteiger partial charge >= 0.3 is 5.97 Å². The normalized spacial score (nSPS) is 11.7. The molecule has 2 rings (SSSR count). The minimum absolute atomic E-state index is 0.0293. The predicted octanol–water partition coefficient (Wildman–Crippen LogP) is 3.07. The number of benzene rings is 1. The Labute approximate surface area is 122 Å². The van der Waals surface area contributed by atoms with Gasteiger partial charge in [0.05, 0.1) is 17.8 Å². The summed E-state index contributed by atoms with van der Waals surface area (Å²) in [5.74, 6) is -0.862. The molecular formula is C15H15ClN2O2. The van der Waals surface area contributed by atoms with E-state index >= 15 is 0 Å². The third kappa shape index (κ3) is 3.08. The van der Waals surface area contributed by atoms with Crippen molar-refractivity contribution >= 4 is 23.3 Å². The number of hydrogen-bond acceptors (Lipinski definition) is 2. The molecule has 0 aliphatic carbocycles. The molecule has 5 heteroatoms. The van der Waals surface area contributed by atoms with Gasteiger partial charge in [0, 0.05) is 23.3 Å². The topological polar surface area (TPSA) is 65.5 Å². The average molecular weight is 291 g/mol. The molecule has 0 fully saturated rings. The summed E-state index contributed by atoms with van der Waals surface area (Å²) in [5.41, 5.74) is 4.20. The zero-order valence-electron chi connectivity index (χ0n) is 11.3. The van der Waals surface area contributed by atoms with Gasteiger partial charge in [0.25, 0.3) is 0 Å². The number of nitrogens with zero attached hydrogens (tertiary/aromatic N) is 1. The number of aliphatic carboxylic acids is 1. The smallest absolute Gasteiger partial charge is 0.309 e. The molecule has 1 aromatic carbocycles. The largest absolute Gasteiger partial charge is 0.481 e. The molecule has 0 bridgehead atoms. The van der Waals surface area contributed by atoms with Crippen molar-refractivity contribution in [3.05, 3.63) is 57.9 Å². The molecule has 1 aromatic heterocycles. The van der Waals surface area contributed by atoms with Gasteiger partial charge in [-0.3, -0.25) is 9.79 Å². The summed E-state index contributed by atoms with van der Waals surface area (Å²) in [6.45, 7) is 1.93. The van der Waals surface area contributed by atoms with Crippen molar-refractivity contribution < 1.29 is 9.90 Å². The van der Waals surface area contributed by atoms with E-state index in [0.29, 0.717) is 10.7 Å². The van der Waals surface area contributed by atoms with E-state index in [0.717, 1.165) is 22.5 Å². The zero-order valence-corrected chi connectivity index (χ0v) is 12.0. The van der Waals surface area contributed by atoms with Crippen LogP contribution >= 0.6 is 11.6 Å². The van der Waals surface area contributed by atoms with Crippen LogP contribution in [0.5, 0.6) is 0 Å². The number of aryl methyl sites for hydroxylation is 1. The number of aliphatic imine (C=N–C) groups is 1. The van der Waals surface area contributed by atoms with E-state index in [1.54, 1.807) is 19.2 Å². The predicted molar refractivity (Wildman–Crippen MR) is 79.9 cm³/mol. The molecule has 0 spiro atoms. The average Bonchev–Trinajstić information content (AvgIpc) is 2.73. The lowest BCUT2D eigenvalue weighted by atomic mass is 10.1. The number of nitrogens with one attached hydrogen (secondary N) is 1. The van der Waals surface area contributed by atoms with E-state index in [-0.39, 0.29) is 6.42 Å². The second-order valence-corrected chi connectivity index (χ2v) is 4.94. The van der Waals surface area contributed by atoms with Gasteiger partial charge in [-0.25, -0.2) is 0 Å². The van der Waals surface area contributed by atoms with E-state index < -0.39 is 5.97 Å². The van der Waals surface area contributed by atoms with Crippen LogP contribution in [0.4, 0.5) is 0 Å². The van der Waals surface area contributed by atoms with Crippen molar-refractivity contribution in [2.24, 2.45) is 4.99 Å². The number of halogens is 1. The molecule has 0 radical (unpaired) electrons. The van der Waals surface area contributed by atoms with Crippen LogP contribution in [0.25, 0.3) is 0 Å². The standard InChI is InChI=1S/C15H15ClN2O2/c1-9-7-12(8-13(19)20)18-14(9)15(17-2)10-3-5-11(16)6-4-10/h3-7,18H,8H2,1-2H3,(H,19,20)/b17-15-. The maximum Gasteiger partial charge on any atom is 0.309 e. The van der Waals surface area contributed by atoms with Crippen LogP contribution < -0.4 is 0 Å². The van der Waals surface area contributed by atoms with Crippen molar-refractivity contribution in [3.63, 3.8) is 0 Å². The number of carboxylic acid groups (broad SMARTS) is 1. The van der Waals surface area contributed by atoms with Gasteiger partial charge in [-0.2, -0.15) is 0 Å². The monoisotopic (exact) mass is 290 g/mol. The van der Waals surface area contributed by atoms with Crippen molar-refractivity contribution in [2.75, 3.05) is 7.05 Å². The molecule has 0 saturated carbocycles. The highest BCUT2D eigenvalue weighted by Gasteiger charge is 2.13. The summed E-state index contributed by atoms with van der Waals surface area (Å²) in [6, 6.07) is 9.23. The van der Waals surface area contributed by atoms with Gasteiger partial charge in [-0.05, 0) is 30.7 Å². The molecule has 20 heavy (non-hydrogen) atoms. The summed E-state index contributed by atoms with van der Waals surface area (Å²) < 4.78 is 0. The van der Waals surface area contributed by atoms with Gasteiger partial charge in [-0.15, -0.1) is 0 Å². The Kier molecular flexibility index (Phi) is 4.25. The van der Waals surface area contributed by atoms with E-state index in [9.17, 15) is 4.79 Å². The number of carboxylic acids is 1. The van der Waals surface area contributed by atoms with Gasteiger partial charge in [0.1, 0.15) is 0 Å². The highest BCUT2D eigenvalue weighted by Crippen LogP contribution is 2.18. The van der Waals surface area contributed by atoms with Gasteiger partial charge < -0.3 is 10.1 Å². The Hall–Kier alpha value is -2.07. The number of H-pyrrole nitrogens is 1. The SMILES string of the molecule is C/N=C(/c1ccc(Cl)cc1)c1[nH]c(CC(=O)O)cc1C. The fraction of sp³-hybridized carbons (Fsp3) is 0.200. The second kappa shape index (κ2) is 5.92. The molecular weight excluding hydrogens is 276 g/mol. The van der Waals surface area contributed by atoms with E-state index in [1.807, 2.05) is 25.1 Å². The molecule has 104 valence electrons. The first-order valence-electron chi connectivity index (χ1n) is 6.14. The van der Waals surface area contributed by atoms with Gasteiger partial charge in [-0.1, -0.05) is 23.7 Å². The van der Waals surface area contributed by atoms with Crippen LogP contribution in [0.2, 0.25) is 5.02 Å². The molecule has 2 aromatic rings. The van der Waals surface area contributed by atoms with Gasteiger partial charge in [0.15, 0.2) is 0 Å². The molecule has 0 atom stereocenters. The van der Waals surface area contributed by atoms with Crippen molar-refractivity contribution in [2.45, 2.75) is 13.3 Å². The number of aromatic amines is 1. The minimum atomic E-state index is -0.862. The van der Waals surface area contributed by atoms with E-state index in [1.165, 1.54) is 0 Å². The number of rotatable bonds is 4. The van der Waals surface area contributed by atoms with E-state index in [4.69, 9.17) is 16.7 Å². The number of carbonyl (C=O) groups is 1. The molecule has 1 heterocycles. The summed E-state index contributed by atoms with van der Waals surface area (Å²) in [4.78, 5) is 18.2. The lowest BCUT2D eigenvalue weighted by Crippen LogP contribution is -2.06. The number of hydrogen-bond donors (Lipinski definition) is 2. The highest BCUT2D eigenvalue weighted by molar-refractivity contribution is 6.30. The summed E-state index contributed by atoms with van der Waals surface area (Å²) >= 11 is 5.89. The molecule has 0 saturated heterocycles. The maximum absolute atomic E-state index is 10.8. The molecule has 2 N–H and O–H groups in total. The van der Waals surface area contributed by atoms with Crippen molar-refractivity contribution in [1.29, 1.82) is 0 Å². The fourth-order valence-corrected chi connectivity index (χ4v) is 2.25. The first-order valence-corrected chi connectivity index (χ1v) is 6.52. The summed E-state index contributed by atoms with van der Waals surface area (Å²) in [5, 5.41) is 9.51. The third-order valence-corrected chi connectivity index (χ3v) is 3.24. The molecule has 0 aliphatic heterocycles. The van der Waals surface area contributed by atoms with Crippen molar-refractivity contribution in [1.82, 2.24) is 4.98 Å². The van der Waals surface area contributed by atoms with Crippen LogP contribution in [0, 0.1) is 6.92 Å². The molecule has 0 aliphatic rings. The van der Waals surface area contributed by atoms with E-state index in [2.05, 4.69) is 9.98 Å². The van der Waals surface area contributed by atoms with Crippen LogP contribution in [-0.4, -0.2) is 28.8 Å². The Bertz CT molecular complexity index is 657. The Balaban J connectivity index is 2.40. The van der Waals surface area contributed by atoms with Crippen LogP contribution in [0.3, 0.4) is 0 Å². The Morgan fingerprint density at radius 1 is 1.35 bits per heavy atom. The minimum Gasteiger partial charge on any atom is -0.481 e. The summed E-state index contributed by atoms with van der Waals surface area (Å²) in [7, 11) is 1.71. The summed E-state index contributed by atoms with van der Waals surface area (Å²) in [6.07, 6.45) is -0.0293. The Morgan fingerprint density at radius 2 is 2.00 bits per heavy atom. The molecule has 0 amide bonds. The quantitative estimate of drug-likeness (QED) is 0.850. The second-order valence-electron chi connectivity index (χ2n) is 4.50. The maximum atomic E-state index is 10.8. The Morgan fingerprint density at radius 3 is 2.55 bits per heavy atom. The zero-order chi connectivity index (χ0) is 14.7. The number of aromatic nitrogens is 1. The van der Waals surface area contributed by atoms with Crippen LogP contribution in [-0.2, 0) is 11.2 Å². The first kappa shape index (κ1) is 14.3. The molecule has 4 nitrogen and oxygen atoms in total. The first-order chi connectivity index (χ1) is 9.51. The van der Waals surface area contributed by atoms with Crippen molar-refractivity contribution in [3.8, 4) is 0 Å². The third-order valence-electron chi connectivity index (χ3n) is 2.99. The lowest BCUT2D eigenvalue weighted by Gasteiger charge is -2.06. The van der Waals surface area contributed by atoms with Crippen LogP contribution in [0.1, 0.15) is 22.5 Å². The highest BCUT2D eigenvalue weighted by atomic mass is 35.5. The van der Waals surface area contributed by atoms with Gasteiger partial charge in [0.2, 0.25) is 0 Å².